The van der Waals surface area contributed by atoms with Crippen molar-refractivity contribution >= 4 is 17.2 Å². The number of hydrogen-bond acceptors (Lipinski definition) is 4. The number of nitrogens with one attached hydrogen (secondary N) is 1. The van der Waals surface area contributed by atoms with E-state index >= 15 is 0 Å². The van der Waals surface area contributed by atoms with Crippen LogP contribution in [0.15, 0.2) is 41.1 Å². The Labute approximate surface area is 148 Å². The molecule has 0 aliphatic carbocycles. The lowest BCUT2D eigenvalue weighted by molar-refractivity contribution is 0.0705. The molecule has 1 aromatic carbocycles. The summed E-state index contributed by atoms with van der Waals surface area (Å²) in [6, 6.07) is 7.98. The quantitative estimate of drug-likeness (QED) is 0.778. The predicted octanol–water partition coefficient (Wildman–Crippen LogP) is 3.69. The standard InChI is InChI=1S/C18H17FN4OS/c19-15-5-3-12(4-6-15)16-20-17(22-21-16)13-2-1-8-23(10-13)18(24)14-7-9-25-11-14/h3-7,9,11,13H,1-2,8,10H2,(H,20,21,22). The number of halogens is 1. The summed E-state index contributed by atoms with van der Waals surface area (Å²) in [5, 5.41) is 11.0. The number of aromatic nitrogens is 3. The number of rotatable bonds is 3. The number of aromatic amines is 1. The molecule has 1 saturated heterocycles. The van der Waals surface area contributed by atoms with Gasteiger partial charge in [0.05, 0.1) is 5.56 Å². The van der Waals surface area contributed by atoms with Crippen molar-refractivity contribution < 1.29 is 9.18 Å². The highest BCUT2D eigenvalue weighted by molar-refractivity contribution is 7.08. The number of likely N-dealkylation sites (tertiary alicyclic amines) is 1. The molecule has 25 heavy (non-hydrogen) atoms. The molecule has 1 aliphatic rings. The third-order valence-corrected chi connectivity index (χ3v) is 5.15. The van der Waals surface area contributed by atoms with Gasteiger partial charge in [0.1, 0.15) is 11.6 Å². The van der Waals surface area contributed by atoms with E-state index in [0.29, 0.717) is 12.4 Å². The van der Waals surface area contributed by atoms with Crippen LogP contribution in [0.2, 0.25) is 0 Å². The molecule has 1 atom stereocenters. The molecule has 3 heterocycles. The molecule has 0 bridgehead atoms. The molecule has 3 aromatic rings. The summed E-state index contributed by atoms with van der Waals surface area (Å²) in [6.45, 7) is 1.40. The van der Waals surface area contributed by atoms with Crippen LogP contribution in [0, 0.1) is 5.82 Å². The van der Waals surface area contributed by atoms with Crippen LogP contribution in [0.4, 0.5) is 4.39 Å². The second kappa shape index (κ2) is 6.76. The van der Waals surface area contributed by atoms with Crippen molar-refractivity contribution in [2.45, 2.75) is 18.8 Å². The number of thiophene rings is 1. The van der Waals surface area contributed by atoms with Crippen LogP contribution < -0.4 is 0 Å². The van der Waals surface area contributed by atoms with E-state index in [2.05, 4.69) is 15.2 Å². The molecule has 0 spiro atoms. The first-order valence-corrected chi connectivity index (χ1v) is 9.15. The second-order valence-electron chi connectivity index (χ2n) is 6.15. The smallest absolute Gasteiger partial charge is 0.254 e. The van der Waals surface area contributed by atoms with Gasteiger partial charge in [-0.05, 0) is 48.6 Å². The third-order valence-electron chi connectivity index (χ3n) is 4.47. The Morgan fingerprint density at radius 2 is 2.12 bits per heavy atom. The topological polar surface area (TPSA) is 61.9 Å². The van der Waals surface area contributed by atoms with Gasteiger partial charge in [0, 0.05) is 30.0 Å². The van der Waals surface area contributed by atoms with Crippen molar-refractivity contribution in [1.29, 1.82) is 0 Å². The van der Waals surface area contributed by atoms with Crippen molar-refractivity contribution in [3.8, 4) is 11.4 Å². The summed E-state index contributed by atoms with van der Waals surface area (Å²) < 4.78 is 13.0. The van der Waals surface area contributed by atoms with Crippen molar-refractivity contribution in [2.24, 2.45) is 0 Å². The first kappa shape index (κ1) is 16.0. The summed E-state index contributed by atoms with van der Waals surface area (Å²) in [6.07, 6.45) is 1.90. The van der Waals surface area contributed by atoms with E-state index in [9.17, 15) is 9.18 Å². The maximum atomic E-state index is 13.0. The van der Waals surface area contributed by atoms with E-state index in [4.69, 9.17) is 0 Å². The molecule has 1 aliphatic heterocycles. The highest BCUT2D eigenvalue weighted by atomic mass is 32.1. The zero-order valence-electron chi connectivity index (χ0n) is 13.5. The van der Waals surface area contributed by atoms with Gasteiger partial charge in [-0.2, -0.15) is 16.4 Å². The molecule has 4 rings (SSSR count). The minimum absolute atomic E-state index is 0.0734. The molecule has 128 valence electrons. The molecule has 2 aromatic heterocycles. The Morgan fingerprint density at radius 1 is 1.28 bits per heavy atom. The van der Waals surface area contributed by atoms with Gasteiger partial charge >= 0.3 is 0 Å². The maximum absolute atomic E-state index is 13.0. The monoisotopic (exact) mass is 356 g/mol. The van der Waals surface area contributed by atoms with Gasteiger partial charge in [0.2, 0.25) is 0 Å². The van der Waals surface area contributed by atoms with Gasteiger partial charge in [0.15, 0.2) is 5.82 Å². The van der Waals surface area contributed by atoms with Crippen LogP contribution in [0.1, 0.15) is 34.9 Å². The molecular formula is C18H17FN4OS. The number of benzene rings is 1. The van der Waals surface area contributed by atoms with Crippen molar-refractivity contribution in [3.63, 3.8) is 0 Å². The van der Waals surface area contributed by atoms with Gasteiger partial charge in [0.25, 0.3) is 5.91 Å². The molecule has 1 fully saturated rings. The van der Waals surface area contributed by atoms with Crippen LogP contribution in [0.3, 0.4) is 0 Å². The minimum atomic E-state index is -0.283. The molecular weight excluding hydrogens is 339 g/mol. The van der Waals surface area contributed by atoms with E-state index in [1.54, 1.807) is 12.1 Å². The van der Waals surface area contributed by atoms with E-state index in [1.807, 2.05) is 21.7 Å². The van der Waals surface area contributed by atoms with Crippen molar-refractivity contribution in [3.05, 3.63) is 58.3 Å². The van der Waals surface area contributed by atoms with E-state index in [0.717, 1.165) is 36.3 Å². The van der Waals surface area contributed by atoms with Crippen LogP contribution in [0.25, 0.3) is 11.4 Å². The fraction of sp³-hybridized carbons (Fsp3) is 0.278. The maximum Gasteiger partial charge on any atom is 0.254 e. The molecule has 7 heteroatoms. The van der Waals surface area contributed by atoms with Crippen LogP contribution >= 0.6 is 11.3 Å². The molecule has 5 nitrogen and oxygen atoms in total. The third kappa shape index (κ3) is 3.32. The van der Waals surface area contributed by atoms with Gasteiger partial charge in [-0.15, -0.1) is 0 Å². The van der Waals surface area contributed by atoms with Crippen molar-refractivity contribution in [2.75, 3.05) is 13.1 Å². The molecule has 1 N–H and O–H groups in total. The number of carbonyl (C=O) groups excluding carboxylic acids is 1. The SMILES string of the molecule is O=C(c1ccsc1)N1CCCC(c2nc(-c3ccc(F)cc3)n[nH]2)C1. The Bertz CT molecular complexity index is 860. The van der Waals surface area contributed by atoms with Crippen LogP contribution in [-0.2, 0) is 0 Å². The Balaban J connectivity index is 1.50. The molecule has 0 saturated carbocycles. The number of H-pyrrole nitrogens is 1. The Hall–Kier alpha value is -2.54. The second-order valence-corrected chi connectivity index (χ2v) is 6.93. The van der Waals surface area contributed by atoms with Gasteiger partial charge in [-0.3, -0.25) is 9.89 Å². The fourth-order valence-corrected chi connectivity index (χ4v) is 3.77. The highest BCUT2D eigenvalue weighted by Gasteiger charge is 2.27. The lowest BCUT2D eigenvalue weighted by Crippen LogP contribution is -2.39. The largest absolute Gasteiger partial charge is 0.338 e. The highest BCUT2D eigenvalue weighted by Crippen LogP contribution is 2.27. The van der Waals surface area contributed by atoms with Gasteiger partial charge < -0.3 is 4.90 Å². The number of hydrogen-bond donors (Lipinski definition) is 1. The number of amides is 1. The summed E-state index contributed by atoms with van der Waals surface area (Å²) >= 11 is 1.53. The average molecular weight is 356 g/mol. The lowest BCUT2D eigenvalue weighted by atomic mass is 9.97. The van der Waals surface area contributed by atoms with E-state index in [-0.39, 0.29) is 17.6 Å². The number of carbonyl (C=O) groups is 1. The Morgan fingerprint density at radius 3 is 2.88 bits per heavy atom. The zero-order chi connectivity index (χ0) is 17.2. The van der Waals surface area contributed by atoms with Gasteiger partial charge in [-0.25, -0.2) is 9.37 Å². The molecule has 1 unspecified atom stereocenters. The number of piperidine rings is 1. The normalized spacial score (nSPS) is 17.6. The molecule has 1 amide bonds. The zero-order valence-corrected chi connectivity index (χ0v) is 14.3. The first-order valence-electron chi connectivity index (χ1n) is 8.20. The summed E-state index contributed by atoms with van der Waals surface area (Å²) in [4.78, 5) is 19.0. The lowest BCUT2D eigenvalue weighted by Gasteiger charge is -2.31. The fourth-order valence-electron chi connectivity index (χ4n) is 3.14. The Kier molecular flexibility index (Phi) is 4.31. The average Bonchev–Trinajstić information content (AvgIpc) is 3.34. The van der Waals surface area contributed by atoms with E-state index in [1.165, 1.54) is 23.5 Å². The summed E-state index contributed by atoms with van der Waals surface area (Å²) in [5.41, 5.74) is 1.51. The molecule has 0 radical (unpaired) electrons. The van der Waals surface area contributed by atoms with Gasteiger partial charge in [-0.1, -0.05) is 0 Å². The number of nitrogens with zero attached hydrogens (tertiary/aromatic N) is 3. The van der Waals surface area contributed by atoms with Crippen molar-refractivity contribution in [1.82, 2.24) is 20.1 Å². The summed E-state index contributed by atoms with van der Waals surface area (Å²) in [5.74, 6) is 1.26. The minimum Gasteiger partial charge on any atom is -0.338 e. The first-order chi connectivity index (χ1) is 12.2. The van der Waals surface area contributed by atoms with Crippen LogP contribution in [-0.4, -0.2) is 39.1 Å². The predicted molar refractivity (Wildman–Crippen MR) is 94.0 cm³/mol. The van der Waals surface area contributed by atoms with E-state index < -0.39 is 0 Å². The van der Waals surface area contributed by atoms with Crippen LogP contribution in [0.5, 0.6) is 0 Å². The summed E-state index contributed by atoms with van der Waals surface area (Å²) in [7, 11) is 0.